The van der Waals surface area contributed by atoms with Gasteiger partial charge in [0.25, 0.3) is 5.91 Å². The smallest absolute Gasteiger partial charge is 0.313 e. The molecule has 0 bridgehead atoms. The molecule has 1 N–H and O–H groups in total. The first-order valence-electron chi connectivity index (χ1n) is 15.2. The van der Waals surface area contributed by atoms with Crippen molar-refractivity contribution in [1.29, 1.82) is 0 Å². The van der Waals surface area contributed by atoms with Gasteiger partial charge in [0.15, 0.2) is 0 Å². The maximum absolute atomic E-state index is 14.8. The molecule has 1 aromatic heterocycles. The fourth-order valence-corrected chi connectivity index (χ4v) is 7.54. The van der Waals surface area contributed by atoms with Gasteiger partial charge in [0, 0.05) is 6.54 Å². The predicted octanol–water partition coefficient (Wildman–Crippen LogP) is 2.78. The molecular weight excluding hydrogens is 562 g/mol. The van der Waals surface area contributed by atoms with Crippen molar-refractivity contribution in [2.45, 2.75) is 56.1 Å². The summed E-state index contributed by atoms with van der Waals surface area (Å²) in [4.78, 5) is 46.5. The molecule has 11 heteroatoms. The zero-order chi connectivity index (χ0) is 30.5. The molecule has 4 aliphatic rings. The molecule has 1 spiro atoms. The van der Waals surface area contributed by atoms with Crippen molar-refractivity contribution in [2.24, 2.45) is 11.8 Å². The molecule has 2 aromatic carbocycles. The Bertz CT molecular complexity index is 1650. The van der Waals surface area contributed by atoms with E-state index >= 15 is 0 Å². The highest BCUT2D eigenvalue weighted by atomic mass is 16.6. The standard InChI is InChI=1S/C33H35N5O6/c1-2-32-16-9-4-10-19-43-31(42)27(32)26-29(40)38(25(20-39)22-12-5-3-6-13-22)28-30(41)36(18-11-17-33(26,28)44-32)21-37-24-15-8-7-14-23(24)34-35-37/h3,5-9,11-17,25-28,39H,2,4,10,18-21H2,1H3/b16-9-/t25-,26+,27+,28?,32-,33+/m1/s1. The molecule has 2 fully saturated rings. The van der Waals surface area contributed by atoms with Gasteiger partial charge in [-0.3, -0.25) is 14.4 Å². The Kier molecular flexibility index (Phi) is 7.09. The van der Waals surface area contributed by atoms with Gasteiger partial charge in [0.05, 0.1) is 30.7 Å². The summed E-state index contributed by atoms with van der Waals surface area (Å²) in [6.45, 7) is 2.04. The van der Waals surface area contributed by atoms with E-state index in [-0.39, 0.29) is 25.7 Å². The Morgan fingerprint density at radius 2 is 1.80 bits per heavy atom. The molecule has 1 unspecified atom stereocenters. The summed E-state index contributed by atoms with van der Waals surface area (Å²) >= 11 is 0. The van der Waals surface area contributed by atoms with Gasteiger partial charge in [-0.2, -0.15) is 0 Å². The minimum absolute atomic E-state index is 0.0857. The molecule has 0 aliphatic carbocycles. The molecule has 6 atom stereocenters. The van der Waals surface area contributed by atoms with E-state index in [0.717, 1.165) is 5.52 Å². The number of nitrogens with zero attached hydrogens (tertiary/aromatic N) is 5. The largest absolute Gasteiger partial charge is 0.465 e. The lowest BCUT2D eigenvalue weighted by Gasteiger charge is -2.40. The number of aliphatic hydroxyl groups is 1. The molecule has 7 rings (SSSR count). The molecular formula is C33H35N5O6. The number of carbonyl (C=O) groups is 3. The molecule has 2 amide bonds. The average molecular weight is 598 g/mol. The first kappa shape index (κ1) is 28.4. The number of amides is 2. The second kappa shape index (κ2) is 11.0. The lowest BCUT2D eigenvalue weighted by atomic mass is 9.73. The summed E-state index contributed by atoms with van der Waals surface area (Å²) in [6.07, 6.45) is 9.28. The van der Waals surface area contributed by atoms with Gasteiger partial charge in [-0.15, -0.1) is 5.10 Å². The van der Waals surface area contributed by atoms with E-state index in [1.165, 1.54) is 4.90 Å². The first-order chi connectivity index (χ1) is 21.4. The van der Waals surface area contributed by atoms with Crippen molar-refractivity contribution < 1.29 is 29.0 Å². The highest BCUT2D eigenvalue weighted by molar-refractivity contribution is 5.99. The Balaban J connectivity index is 1.38. The Morgan fingerprint density at radius 3 is 2.59 bits per heavy atom. The third-order valence-electron chi connectivity index (χ3n) is 9.57. The Hall–Kier alpha value is -4.35. The van der Waals surface area contributed by atoms with Crippen LogP contribution in [0.4, 0.5) is 0 Å². The highest BCUT2D eigenvalue weighted by Crippen LogP contribution is 2.59. The second-order valence-electron chi connectivity index (χ2n) is 11.9. The predicted molar refractivity (Wildman–Crippen MR) is 158 cm³/mol. The molecule has 3 aromatic rings. The summed E-state index contributed by atoms with van der Waals surface area (Å²) in [5.74, 6) is -3.30. The fraction of sp³-hybridized carbons (Fsp3) is 0.424. The van der Waals surface area contributed by atoms with Crippen LogP contribution >= 0.6 is 0 Å². The van der Waals surface area contributed by atoms with E-state index in [9.17, 15) is 19.5 Å². The number of esters is 1. The van der Waals surface area contributed by atoms with Crippen LogP contribution in [0, 0.1) is 11.8 Å². The molecule has 0 saturated carbocycles. The van der Waals surface area contributed by atoms with E-state index in [1.807, 2.05) is 79.7 Å². The van der Waals surface area contributed by atoms with E-state index < -0.39 is 53.6 Å². The van der Waals surface area contributed by atoms with Crippen LogP contribution in [0.2, 0.25) is 0 Å². The van der Waals surface area contributed by atoms with Crippen LogP contribution < -0.4 is 0 Å². The minimum Gasteiger partial charge on any atom is -0.465 e. The molecule has 2 saturated heterocycles. The number of aromatic nitrogens is 3. The zero-order valence-electron chi connectivity index (χ0n) is 24.5. The van der Waals surface area contributed by atoms with Crippen LogP contribution in [0.25, 0.3) is 11.0 Å². The molecule has 228 valence electrons. The van der Waals surface area contributed by atoms with E-state index in [4.69, 9.17) is 9.47 Å². The van der Waals surface area contributed by atoms with Crippen LogP contribution in [0.3, 0.4) is 0 Å². The fourth-order valence-electron chi connectivity index (χ4n) is 7.54. The van der Waals surface area contributed by atoms with Crippen LogP contribution in [0.15, 0.2) is 78.9 Å². The van der Waals surface area contributed by atoms with Gasteiger partial charge in [0.1, 0.15) is 35.3 Å². The van der Waals surface area contributed by atoms with Crippen molar-refractivity contribution in [2.75, 3.05) is 19.8 Å². The number of benzene rings is 2. The van der Waals surface area contributed by atoms with Gasteiger partial charge in [-0.25, -0.2) is 4.68 Å². The Labute approximate surface area is 254 Å². The van der Waals surface area contributed by atoms with Crippen LogP contribution in [0.1, 0.15) is 37.8 Å². The van der Waals surface area contributed by atoms with Gasteiger partial charge < -0.3 is 24.4 Å². The first-order valence-corrected chi connectivity index (χ1v) is 15.2. The normalized spacial score (nSPS) is 31.4. The highest BCUT2D eigenvalue weighted by Gasteiger charge is 2.76. The Morgan fingerprint density at radius 1 is 1.00 bits per heavy atom. The topological polar surface area (TPSA) is 127 Å². The molecule has 0 radical (unpaired) electrons. The number of hydrogen-bond donors (Lipinski definition) is 1. The number of hydrogen-bond acceptors (Lipinski definition) is 8. The number of cyclic esters (lactones) is 1. The number of likely N-dealkylation sites (tertiary alicyclic amines) is 1. The van der Waals surface area contributed by atoms with Gasteiger partial charge in [-0.05, 0) is 37.0 Å². The summed E-state index contributed by atoms with van der Waals surface area (Å²) in [5, 5.41) is 19.3. The van der Waals surface area contributed by atoms with Crippen molar-refractivity contribution in [3.05, 3.63) is 84.5 Å². The number of ether oxygens (including phenoxy) is 2. The summed E-state index contributed by atoms with van der Waals surface area (Å²) < 4.78 is 14.4. The van der Waals surface area contributed by atoms with Crippen molar-refractivity contribution >= 4 is 28.8 Å². The van der Waals surface area contributed by atoms with Crippen molar-refractivity contribution in [1.82, 2.24) is 24.8 Å². The van der Waals surface area contributed by atoms with Crippen LogP contribution in [-0.4, -0.2) is 84.7 Å². The molecule has 4 aliphatic heterocycles. The maximum atomic E-state index is 14.8. The summed E-state index contributed by atoms with van der Waals surface area (Å²) in [7, 11) is 0. The number of fused-ring (bicyclic) bond motifs is 3. The lowest BCUT2D eigenvalue weighted by Crippen LogP contribution is -2.57. The lowest BCUT2D eigenvalue weighted by molar-refractivity contribution is -0.163. The van der Waals surface area contributed by atoms with Crippen molar-refractivity contribution in [3.8, 4) is 0 Å². The zero-order valence-corrected chi connectivity index (χ0v) is 24.5. The summed E-state index contributed by atoms with van der Waals surface area (Å²) in [6, 6.07) is 14.6. The molecule has 5 heterocycles. The van der Waals surface area contributed by atoms with Gasteiger partial charge in [0.2, 0.25) is 5.91 Å². The molecule has 44 heavy (non-hydrogen) atoms. The maximum Gasteiger partial charge on any atom is 0.313 e. The van der Waals surface area contributed by atoms with Crippen LogP contribution in [-0.2, 0) is 30.5 Å². The van der Waals surface area contributed by atoms with E-state index in [2.05, 4.69) is 10.3 Å². The number of aliphatic hydroxyl groups excluding tert-OH is 1. The quantitative estimate of drug-likeness (QED) is 0.340. The number of carbonyl (C=O) groups excluding carboxylic acids is 3. The van der Waals surface area contributed by atoms with Crippen LogP contribution in [0.5, 0.6) is 0 Å². The third kappa shape index (κ3) is 4.21. The number of allylic oxidation sites excluding steroid dienone is 1. The number of para-hydroxylation sites is 1. The second-order valence-corrected chi connectivity index (χ2v) is 11.9. The van der Waals surface area contributed by atoms with Gasteiger partial charge >= 0.3 is 5.97 Å². The molecule has 11 nitrogen and oxygen atoms in total. The van der Waals surface area contributed by atoms with E-state index in [1.54, 1.807) is 15.7 Å². The van der Waals surface area contributed by atoms with Crippen molar-refractivity contribution in [3.63, 3.8) is 0 Å². The summed E-state index contributed by atoms with van der Waals surface area (Å²) in [5.41, 5.74) is -0.478. The van der Waals surface area contributed by atoms with E-state index in [0.29, 0.717) is 30.3 Å². The SMILES string of the molecule is CC[C@@]12/C=C\CCCOC(=O)[C@@H]1[C@H]1C(=O)N([C@H](CO)c3ccccc3)C3C(=O)N(Cn4nnc5ccccc54)CC=C[C@@]31O2. The average Bonchev–Trinajstić information content (AvgIpc) is 3.63. The number of rotatable bonds is 6. The monoisotopic (exact) mass is 597 g/mol. The van der Waals surface area contributed by atoms with Gasteiger partial charge in [-0.1, -0.05) is 78.9 Å². The minimum atomic E-state index is -1.47. The third-order valence-corrected chi connectivity index (χ3v) is 9.57.